The van der Waals surface area contributed by atoms with Gasteiger partial charge in [-0.2, -0.15) is 0 Å². The minimum absolute atomic E-state index is 0. The molecule has 0 aromatic carbocycles. The summed E-state index contributed by atoms with van der Waals surface area (Å²) in [4.78, 5) is 6.75. The monoisotopic (exact) mass is 277 g/mol. The molecule has 0 amide bonds. The minimum Gasteiger partial charge on any atom is -0.349 e. The summed E-state index contributed by atoms with van der Waals surface area (Å²) in [6.07, 6.45) is 3.53. The average molecular weight is 277 g/mol. The quantitative estimate of drug-likeness (QED) is 0.743. The molecule has 0 aliphatic heterocycles. The van der Waals surface area contributed by atoms with Crippen LogP contribution >= 0.6 is 0 Å². The van der Waals surface area contributed by atoms with E-state index >= 15 is 0 Å². The van der Waals surface area contributed by atoms with Gasteiger partial charge in [-0.05, 0) is 6.92 Å². The first kappa shape index (κ1) is 6.90. The first-order valence-electron chi connectivity index (χ1n) is 1.85. The molecule has 0 aliphatic carbocycles. The number of hydrogen-bond acceptors (Lipinski definition) is 1. The molecule has 2 nitrogen and oxygen atoms in total. The first-order valence-corrected chi connectivity index (χ1v) is 1.85. The number of aromatic amines is 1. The summed E-state index contributed by atoms with van der Waals surface area (Å²) in [7, 11) is 0. The Bertz CT molecular complexity index is 113. The van der Waals surface area contributed by atoms with E-state index in [4.69, 9.17) is 0 Å². The molecule has 1 rings (SSSR count). The maximum atomic E-state index is 3.86. The van der Waals surface area contributed by atoms with E-state index in [9.17, 15) is 0 Å². The van der Waals surface area contributed by atoms with E-state index in [-0.39, 0.29) is 21.1 Å². The molecule has 42 valence electrons. The van der Waals surface area contributed by atoms with Crippen LogP contribution in [0.2, 0.25) is 0 Å². The van der Waals surface area contributed by atoms with Crippen molar-refractivity contribution >= 4 is 0 Å². The van der Waals surface area contributed by atoms with Crippen LogP contribution < -0.4 is 0 Å². The van der Waals surface area contributed by atoms with Crippen molar-refractivity contribution in [3.05, 3.63) is 18.2 Å². The molecule has 1 N–H and O–H groups in total. The molecular formula is C4H6N2Pt. The van der Waals surface area contributed by atoms with E-state index in [1.165, 1.54) is 0 Å². The number of nitrogens with one attached hydrogen (secondary N) is 1. The second-order valence-electron chi connectivity index (χ2n) is 1.17. The Morgan fingerprint density at radius 1 is 1.71 bits per heavy atom. The first-order chi connectivity index (χ1) is 2.89. The second-order valence-corrected chi connectivity index (χ2v) is 1.17. The standard InChI is InChI=1S/C4H6N2.Pt/c1-4-5-2-3-6-4;/h2-3H,1H3,(H,5,6);. The summed E-state index contributed by atoms with van der Waals surface area (Å²) in [6, 6.07) is 0. The fraction of sp³-hybridized carbons (Fsp3) is 0.250. The summed E-state index contributed by atoms with van der Waals surface area (Å²) < 4.78 is 0. The van der Waals surface area contributed by atoms with Gasteiger partial charge in [-0.3, -0.25) is 0 Å². The van der Waals surface area contributed by atoms with Gasteiger partial charge in [0.05, 0.1) is 0 Å². The molecular weight excluding hydrogens is 271 g/mol. The van der Waals surface area contributed by atoms with Gasteiger partial charge in [0, 0.05) is 33.5 Å². The van der Waals surface area contributed by atoms with Crippen LogP contribution in [0.4, 0.5) is 0 Å². The van der Waals surface area contributed by atoms with Crippen molar-refractivity contribution in [2.75, 3.05) is 0 Å². The van der Waals surface area contributed by atoms with Crippen LogP contribution in [0.15, 0.2) is 12.4 Å². The van der Waals surface area contributed by atoms with E-state index in [2.05, 4.69) is 9.97 Å². The molecule has 0 saturated heterocycles. The van der Waals surface area contributed by atoms with Gasteiger partial charge in [0.15, 0.2) is 0 Å². The van der Waals surface area contributed by atoms with Gasteiger partial charge in [-0.15, -0.1) is 0 Å². The van der Waals surface area contributed by atoms with Gasteiger partial charge < -0.3 is 4.98 Å². The number of nitrogens with zero attached hydrogens (tertiary/aromatic N) is 1. The van der Waals surface area contributed by atoms with E-state index in [0.717, 1.165) is 5.82 Å². The Morgan fingerprint density at radius 3 is 2.57 bits per heavy atom. The van der Waals surface area contributed by atoms with Gasteiger partial charge >= 0.3 is 0 Å². The van der Waals surface area contributed by atoms with E-state index in [1.807, 2.05) is 6.92 Å². The number of hydrogen-bond donors (Lipinski definition) is 1. The zero-order valence-corrected chi connectivity index (χ0v) is 6.19. The number of imidazole rings is 1. The number of aromatic nitrogens is 2. The summed E-state index contributed by atoms with van der Waals surface area (Å²) in [6.45, 7) is 1.92. The molecule has 0 radical (unpaired) electrons. The maximum absolute atomic E-state index is 3.86. The van der Waals surface area contributed by atoms with Gasteiger partial charge in [-0.1, -0.05) is 0 Å². The third-order valence-corrected chi connectivity index (χ3v) is 0.635. The molecule has 0 fully saturated rings. The Hall–Kier alpha value is -0.102. The van der Waals surface area contributed by atoms with E-state index < -0.39 is 0 Å². The van der Waals surface area contributed by atoms with E-state index in [0.29, 0.717) is 0 Å². The SMILES string of the molecule is Cc1ncc[nH]1.[Pt]. The average Bonchev–Trinajstić information content (AvgIpc) is 1.86. The minimum atomic E-state index is 0. The van der Waals surface area contributed by atoms with Gasteiger partial charge in [0.25, 0.3) is 0 Å². The fourth-order valence-corrected chi connectivity index (χ4v) is 0.344. The molecule has 0 bridgehead atoms. The predicted octanol–water partition coefficient (Wildman–Crippen LogP) is 0.716. The van der Waals surface area contributed by atoms with Crippen LogP contribution in [0.5, 0.6) is 0 Å². The Morgan fingerprint density at radius 2 is 2.43 bits per heavy atom. The third-order valence-electron chi connectivity index (χ3n) is 0.635. The van der Waals surface area contributed by atoms with Crippen molar-refractivity contribution in [1.82, 2.24) is 9.97 Å². The number of rotatable bonds is 0. The molecule has 7 heavy (non-hydrogen) atoms. The summed E-state index contributed by atoms with van der Waals surface area (Å²) in [5, 5.41) is 0. The summed E-state index contributed by atoms with van der Waals surface area (Å²) in [5.41, 5.74) is 0. The van der Waals surface area contributed by atoms with Crippen LogP contribution in [0.3, 0.4) is 0 Å². The molecule has 0 spiro atoms. The van der Waals surface area contributed by atoms with Crippen molar-refractivity contribution in [2.24, 2.45) is 0 Å². The fourth-order valence-electron chi connectivity index (χ4n) is 0.344. The van der Waals surface area contributed by atoms with Crippen molar-refractivity contribution < 1.29 is 21.1 Å². The molecule has 0 aliphatic rings. The Labute approximate surface area is 56.6 Å². The predicted molar refractivity (Wildman–Crippen MR) is 23.3 cm³/mol. The summed E-state index contributed by atoms with van der Waals surface area (Å²) >= 11 is 0. The molecule has 0 unspecified atom stereocenters. The number of H-pyrrole nitrogens is 1. The van der Waals surface area contributed by atoms with Crippen molar-refractivity contribution in [2.45, 2.75) is 6.92 Å². The number of aryl methyl sites for hydroxylation is 1. The van der Waals surface area contributed by atoms with Crippen molar-refractivity contribution in [1.29, 1.82) is 0 Å². The maximum Gasteiger partial charge on any atom is 0.102 e. The molecule has 1 aromatic rings. The topological polar surface area (TPSA) is 28.7 Å². The second kappa shape index (κ2) is 2.97. The van der Waals surface area contributed by atoms with Crippen molar-refractivity contribution in [3.8, 4) is 0 Å². The Kier molecular flexibility index (Phi) is 2.93. The van der Waals surface area contributed by atoms with Crippen LogP contribution in [-0.4, -0.2) is 9.97 Å². The molecule has 1 heterocycles. The van der Waals surface area contributed by atoms with Crippen molar-refractivity contribution in [3.63, 3.8) is 0 Å². The van der Waals surface area contributed by atoms with Crippen LogP contribution in [0.1, 0.15) is 5.82 Å². The van der Waals surface area contributed by atoms with Crippen LogP contribution in [0, 0.1) is 6.92 Å². The van der Waals surface area contributed by atoms with Crippen LogP contribution in [0.25, 0.3) is 0 Å². The third kappa shape index (κ3) is 1.88. The smallest absolute Gasteiger partial charge is 0.102 e. The van der Waals surface area contributed by atoms with Gasteiger partial charge in [-0.25, -0.2) is 4.98 Å². The largest absolute Gasteiger partial charge is 0.349 e. The Balaban J connectivity index is 0.000000360. The molecule has 0 saturated carbocycles. The zero-order chi connectivity index (χ0) is 4.41. The molecule has 1 aromatic heterocycles. The molecule has 3 heteroatoms. The van der Waals surface area contributed by atoms with Gasteiger partial charge in [0.1, 0.15) is 5.82 Å². The normalized spacial score (nSPS) is 7.57. The zero-order valence-electron chi connectivity index (χ0n) is 3.92. The summed E-state index contributed by atoms with van der Waals surface area (Å²) in [5.74, 6) is 0.968. The van der Waals surface area contributed by atoms with Crippen LogP contribution in [-0.2, 0) is 21.1 Å². The van der Waals surface area contributed by atoms with Gasteiger partial charge in [0.2, 0.25) is 0 Å². The molecule has 0 atom stereocenters. The van der Waals surface area contributed by atoms with E-state index in [1.54, 1.807) is 12.4 Å².